The summed E-state index contributed by atoms with van der Waals surface area (Å²) in [6.07, 6.45) is 0.565. The van der Waals surface area contributed by atoms with Gasteiger partial charge in [-0.3, -0.25) is 4.79 Å². The second-order valence-electron chi connectivity index (χ2n) is 7.00. The van der Waals surface area contributed by atoms with Crippen LogP contribution in [-0.4, -0.2) is 33.6 Å². The fourth-order valence-electron chi connectivity index (χ4n) is 3.27. The van der Waals surface area contributed by atoms with Crippen molar-refractivity contribution in [1.82, 2.24) is 20.2 Å². The molecule has 0 fully saturated rings. The molecule has 0 atom stereocenters. The summed E-state index contributed by atoms with van der Waals surface area (Å²) in [4.78, 5) is 12.2. The van der Waals surface area contributed by atoms with Crippen molar-refractivity contribution < 1.29 is 9.53 Å². The molecule has 4 aromatic rings. The third kappa shape index (κ3) is 4.97. The molecule has 0 aliphatic rings. The number of thioether (sulfide) groups is 1. The predicted octanol–water partition coefficient (Wildman–Crippen LogP) is 3.15. The number of hydrogen-bond acceptors (Lipinski definition) is 6. The summed E-state index contributed by atoms with van der Waals surface area (Å²) < 4.78 is 6.60. The third-order valence-corrected chi connectivity index (χ3v) is 5.89. The average molecular weight is 434 g/mol. The van der Waals surface area contributed by atoms with E-state index in [1.165, 1.54) is 27.2 Å². The lowest BCUT2D eigenvalue weighted by Gasteiger charge is -2.08. The van der Waals surface area contributed by atoms with Crippen LogP contribution in [0.25, 0.3) is 10.8 Å². The van der Waals surface area contributed by atoms with Gasteiger partial charge in [-0.1, -0.05) is 66.4 Å². The molecule has 8 heteroatoms. The average Bonchev–Trinajstić information content (AvgIpc) is 3.16. The summed E-state index contributed by atoms with van der Waals surface area (Å²) in [6.45, 7) is 0.449. The first kappa shape index (κ1) is 20.7. The molecule has 0 bridgehead atoms. The number of nitrogens with one attached hydrogen (secondary N) is 1. The summed E-state index contributed by atoms with van der Waals surface area (Å²) in [5, 5.41) is 14.1. The van der Waals surface area contributed by atoms with E-state index in [0.29, 0.717) is 23.9 Å². The summed E-state index contributed by atoms with van der Waals surface area (Å²) in [7, 11) is 1.62. The number of benzene rings is 3. The highest BCUT2D eigenvalue weighted by Crippen LogP contribution is 2.22. The van der Waals surface area contributed by atoms with Crippen molar-refractivity contribution in [3.8, 4) is 5.75 Å². The summed E-state index contributed by atoms with van der Waals surface area (Å²) in [6, 6.07) is 21.9. The predicted molar refractivity (Wildman–Crippen MR) is 122 cm³/mol. The summed E-state index contributed by atoms with van der Waals surface area (Å²) >= 11 is 1.26. The van der Waals surface area contributed by atoms with E-state index in [1.54, 1.807) is 7.11 Å². The third-order valence-electron chi connectivity index (χ3n) is 4.94. The molecule has 0 saturated heterocycles. The zero-order chi connectivity index (χ0) is 21.6. The number of rotatable bonds is 8. The molecule has 0 saturated carbocycles. The van der Waals surface area contributed by atoms with Gasteiger partial charge in [0.05, 0.1) is 12.9 Å². The normalized spacial score (nSPS) is 10.9. The first-order chi connectivity index (χ1) is 15.1. The molecule has 1 heterocycles. The molecular formula is C23H23N5O2S. The van der Waals surface area contributed by atoms with Gasteiger partial charge in [0, 0.05) is 13.0 Å². The topological polar surface area (TPSA) is 95.1 Å². The number of ether oxygens (including phenoxy) is 1. The fourth-order valence-corrected chi connectivity index (χ4v) is 3.97. The van der Waals surface area contributed by atoms with Crippen molar-refractivity contribution in [3.63, 3.8) is 0 Å². The Labute approximate surface area is 184 Å². The quantitative estimate of drug-likeness (QED) is 0.327. The number of carbonyl (C=O) groups excluding carboxylic acids is 1. The van der Waals surface area contributed by atoms with Gasteiger partial charge < -0.3 is 15.9 Å². The number of aromatic nitrogens is 3. The molecule has 0 spiro atoms. The van der Waals surface area contributed by atoms with E-state index < -0.39 is 0 Å². The van der Waals surface area contributed by atoms with Gasteiger partial charge in [0.1, 0.15) is 5.75 Å². The molecule has 7 nitrogen and oxygen atoms in total. The molecule has 0 aliphatic carbocycles. The van der Waals surface area contributed by atoms with Crippen molar-refractivity contribution in [3.05, 3.63) is 83.7 Å². The number of nitrogens with two attached hydrogens (primary N) is 1. The van der Waals surface area contributed by atoms with E-state index in [9.17, 15) is 4.79 Å². The Morgan fingerprint density at radius 1 is 1.06 bits per heavy atom. The van der Waals surface area contributed by atoms with Crippen LogP contribution in [0.2, 0.25) is 0 Å². The van der Waals surface area contributed by atoms with Crippen LogP contribution in [0.15, 0.2) is 71.9 Å². The first-order valence-corrected chi connectivity index (χ1v) is 10.8. The SMILES string of the molecule is COc1ccc(CNC(=O)CSc2nnc(Cc3cccc4ccccc34)n2N)cc1. The molecule has 158 valence electrons. The number of amides is 1. The minimum Gasteiger partial charge on any atom is -0.497 e. The van der Waals surface area contributed by atoms with Gasteiger partial charge in [0.2, 0.25) is 11.1 Å². The van der Waals surface area contributed by atoms with Crippen molar-refractivity contribution in [2.75, 3.05) is 18.7 Å². The molecule has 1 amide bonds. The second kappa shape index (κ2) is 9.53. The molecule has 3 N–H and O–H groups in total. The Balaban J connectivity index is 1.34. The van der Waals surface area contributed by atoms with Crippen LogP contribution in [0.3, 0.4) is 0 Å². The molecule has 0 radical (unpaired) electrons. The van der Waals surface area contributed by atoms with Crippen LogP contribution >= 0.6 is 11.8 Å². The zero-order valence-electron chi connectivity index (χ0n) is 17.1. The standard InChI is InChI=1S/C23H23N5O2S/c1-30-19-11-9-16(10-12-19)14-25-22(29)15-31-23-27-26-21(28(23)24)13-18-7-4-6-17-5-2-3-8-20(17)18/h2-12H,13-15,24H2,1H3,(H,25,29). The van der Waals surface area contributed by atoms with Crippen LogP contribution in [0.1, 0.15) is 17.0 Å². The Bertz CT molecular complexity index is 1190. The summed E-state index contributed by atoms with van der Waals surface area (Å²) in [5.41, 5.74) is 2.13. The van der Waals surface area contributed by atoms with Crippen molar-refractivity contribution in [1.29, 1.82) is 0 Å². The highest BCUT2D eigenvalue weighted by atomic mass is 32.2. The van der Waals surface area contributed by atoms with Crippen LogP contribution in [0.4, 0.5) is 0 Å². The van der Waals surface area contributed by atoms with E-state index in [4.69, 9.17) is 10.6 Å². The fraction of sp³-hybridized carbons (Fsp3) is 0.174. The van der Waals surface area contributed by atoms with Gasteiger partial charge >= 0.3 is 0 Å². The van der Waals surface area contributed by atoms with Crippen LogP contribution in [-0.2, 0) is 17.8 Å². The van der Waals surface area contributed by atoms with E-state index in [-0.39, 0.29) is 11.7 Å². The maximum Gasteiger partial charge on any atom is 0.230 e. The molecule has 0 aliphatic heterocycles. The lowest BCUT2D eigenvalue weighted by Crippen LogP contribution is -2.25. The lowest BCUT2D eigenvalue weighted by atomic mass is 10.0. The van der Waals surface area contributed by atoms with Gasteiger partial charge in [0.15, 0.2) is 5.82 Å². The van der Waals surface area contributed by atoms with Crippen LogP contribution in [0.5, 0.6) is 5.75 Å². The van der Waals surface area contributed by atoms with E-state index >= 15 is 0 Å². The van der Waals surface area contributed by atoms with E-state index in [2.05, 4.69) is 39.8 Å². The van der Waals surface area contributed by atoms with Crippen LogP contribution in [0, 0.1) is 0 Å². The van der Waals surface area contributed by atoms with Gasteiger partial charge in [-0.15, -0.1) is 10.2 Å². The van der Waals surface area contributed by atoms with Gasteiger partial charge in [-0.2, -0.15) is 0 Å². The minimum atomic E-state index is -0.0978. The Morgan fingerprint density at radius 2 is 1.84 bits per heavy atom. The van der Waals surface area contributed by atoms with E-state index in [1.807, 2.05) is 42.5 Å². The number of nitrogen functional groups attached to an aromatic ring is 1. The molecule has 0 unspecified atom stereocenters. The lowest BCUT2D eigenvalue weighted by molar-refractivity contribution is -0.118. The molecule has 1 aromatic heterocycles. The highest BCUT2D eigenvalue weighted by molar-refractivity contribution is 7.99. The van der Waals surface area contributed by atoms with Crippen LogP contribution < -0.4 is 15.9 Å². The molecule has 3 aromatic carbocycles. The highest BCUT2D eigenvalue weighted by Gasteiger charge is 2.14. The van der Waals surface area contributed by atoms with Crippen molar-refractivity contribution in [2.45, 2.75) is 18.1 Å². The monoisotopic (exact) mass is 433 g/mol. The van der Waals surface area contributed by atoms with Crippen molar-refractivity contribution >= 4 is 28.4 Å². The smallest absolute Gasteiger partial charge is 0.230 e. The Kier molecular flexibility index (Phi) is 6.37. The van der Waals surface area contributed by atoms with E-state index in [0.717, 1.165) is 16.9 Å². The van der Waals surface area contributed by atoms with Crippen molar-refractivity contribution in [2.24, 2.45) is 0 Å². The number of hydrogen-bond donors (Lipinski definition) is 2. The maximum atomic E-state index is 12.2. The number of carbonyl (C=O) groups is 1. The molecular weight excluding hydrogens is 410 g/mol. The number of methoxy groups -OCH3 is 1. The largest absolute Gasteiger partial charge is 0.497 e. The first-order valence-electron chi connectivity index (χ1n) is 9.82. The zero-order valence-corrected chi connectivity index (χ0v) is 17.9. The second-order valence-corrected chi connectivity index (χ2v) is 7.94. The Morgan fingerprint density at radius 3 is 2.65 bits per heavy atom. The maximum absolute atomic E-state index is 12.2. The van der Waals surface area contributed by atoms with Gasteiger partial charge in [0.25, 0.3) is 0 Å². The number of nitrogens with zero attached hydrogens (tertiary/aromatic N) is 3. The minimum absolute atomic E-state index is 0.0978. The summed E-state index contributed by atoms with van der Waals surface area (Å²) in [5.74, 6) is 7.75. The van der Waals surface area contributed by atoms with Gasteiger partial charge in [-0.25, -0.2) is 4.68 Å². The Hall–Kier alpha value is -3.52. The molecule has 4 rings (SSSR count). The van der Waals surface area contributed by atoms with Gasteiger partial charge in [-0.05, 0) is 34.0 Å². The number of fused-ring (bicyclic) bond motifs is 1. The molecule has 31 heavy (non-hydrogen) atoms.